The van der Waals surface area contributed by atoms with E-state index in [2.05, 4.69) is 45.9 Å². The van der Waals surface area contributed by atoms with Gasteiger partial charge in [-0.3, -0.25) is 24.5 Å². The van der Waals surface area contributed by atoms with E-state index in [-0.39, 0.29) is 119 Å². The van der Waals surface area contributed by atoms with Crippen LogP contribution in [0.15, 0.2) is 64.7 Å². The number of hydrogen-bond donors (Lipinski definition) is 3. The summed E-state index contributed by atoms with van der Waals surface area (Å²) >= 11 is 14.5. The van der Waals surface area contributed by atoms with Gasteiger partial charge in [-0.25, -0.2) is 4.79 Å². The first kappa shape index (κ1) is 45.5. The number of H-pyrrole nitrogens is 1. The van der Waals surface area contributed by atoms with Gasteiger partial charge in [0.25, 0.3) is 0 Å². The minimum atomic E-state index is -1.07. The Balaban J connectivity index is 0.00000348. The van der Waals surface area contributed by atoms with Crippen molar-refractivity contribution in [2.45, 2.75) is 39.7 Å². The molecule has 0 fully saturated rings. The molecule has 3 N–H and O–H groups in total. The third kappa shape index (κ3) is 9.24. The van der Waals surface area contributed by atoms with Crippen molar-refractivity contribution in [3.8, 4) is 17.0 Å². The van der Waals surface area contributed by atoms with E-state index < -0.39 is 12.0 Å². The van der Waals surface area contributed by atoms with E-state index in [1.165, 1.54) is 23.1 Å². The van der Waals surface area contributed by atoms with Crippen molar-refractivity contribution in [1.82, 2.24) is 15.3 Å². The number of carbonyl (C=O) groups is 3. The number of carboxylic acids is 1. The summed E-state index contributed by atoms with van der Waals surface area (Å²) in [5.74, 6) is -0.411. The largest absolute Gasteiger partial charge is 1.00 e. The van der Waals surface area contributed by atoms with Crippen LogP contribution in [0.2, 0.25) is 10.0 Å². The molecule has 6 rings (SSSR count). The SMILES string of the molecule is CCN1C(=NC)[C@H](CC(=O)NCCC(=O)N(C)c2ccc(-c3cc4c(C(=O)O)c[nH]c4cc3Cl)c(OC)n2)N=C(c2ccc(Cl)cc2)c2c1sc(C)c2C.[CH3-].[Cs+]. The van der Waals surface area contributed by atoms with Gasteiger partial charge in [-0.2, -0.15) is 4.98 Å². The minimum Gasteiger partial charge on any atom is -0.480 e. The summed E-state index contributed by atoms with van der Waals surface area (Å²) < 4.78 is 5.57. The predicted octanol–water partition coefficient (Wildman–Crippen LogP) is 5.01. The van der Waals surface area contributed by atoms with Gasteiger partial charge in [0.1, 0.15) is 22.7 Å². The number of carboxylic acid groups (broad SMARTS) is 1. The first-order chi connectivity index (χ1) is 25.9. The van der Waals surface area contributed by atoms with Crippen LogP contribution in [0, 0.1) is 21.3 Å². The number of likely N-dealkylation sites (N-methyl/N-ethyl adjacent to an activating group) is 1. The number of nitrogens with zero attached hydrogens (tertiary/aromatic N) is 5. The topological polar surface area (TPSA) is 153 Å². The van der Waals surface area contributed by atoms with Crippen molar-refractivity contribution in [1.29, 1.82) is 0 Å². The molecule has 1 atom stereocenters. The van der Waals surface area contributed by atoms with Gasteiger partial charge in [-0.15, -0.1) is 11.3 Å². The summed E-state index contributed by atoms with van der Waals surface area (Å²) in [4.78, 5) is 60.5. The Labute approximate surface area is 399 Å². The van der Waals surface area contributed by atoms with E-state index in [0.29, 0.717) is 50.3 Å². The summed E-state index contributed by atoms with van der Waals surface area (Å²) in [6, 6.07) is 13.6. The summed E-state index contributed by atoms with van der Waals surface area (Å²) in [5.41, 5.74) is 5.56. The molecule has 0 bridgehead atoms. The number of methoxy groups -OCH3 is 1. The second kappa shape index (κ2) is 19.5. The number of nitrogens with one attached hydrogen (secondary N) is 2. The van der Waals surface area contributed by atoms with E-state index in [4.69, 9.17) is 32.9 Å². The second-order valence-electron chi connectivity index (χ2n) is 12.7. The molecule has 1 aliphatic rings. The van der Waals surface area contributed by atoms with Gasteiger partial charge in [0, 0.05) is 82.9 Å². The maximum atomic E-state index is 13.5. The molecule has 2 amide bonds. The van der Waals surface area contributed by atoms with Crippen LogP contribution in [-0.4, -0.2) is 84.7 Å². The monoisotopic (exact) mass is 935 g/mol. The Hall–Kier alpha value is -3.19. The normalized spacial score (nSPS) is 14.3. The van der Waals surface area contributed by atoms with E-state index in [9.17, 15) is 19.5 Å². The van der Waals surface area contributed by atoms with E-state index >= 15 is 0 Å². The number of anilines is 2. The molecule has 4 heterocycles. The number of aromatic nitrogens is 2. The first-order valence-corrected chi connectivity index (χ1v) is 18.7. The Morgan fingerprint density at radius 3 is 2.46 bits per heavy atom. The summed E-state index contributed by atoms with van der Waals surface area (Å²) in [6.07, 6.45) is 1.45. The molecule has 0 saturated heterocycles. The third-order valence-corrected chi connectivity index (χ3v) is 11.3. The number of hydrogen-bond acceptors (Lipinski definition) is 8. The van der Waals surface area contributed by atoms with E-state index in [1.54, 1.807) is 49.7 Å². The van der Waals surface area contributed by atoms with Crippen LogP contribution in [0.3, 0.4) is 0 Å². The molecular formula is C40H42Cl2CsN7O5S. The number of benzene rings is 2. The molecule has 56 heavy (non-hydrogen) atoms. The maximum Gasteiger partial charge on any atom is 1.00 e. The van der Waals surface area contributed by atoms with Crippen LogP contribution in [0.5, 0.6) is 5.88 Å². The molecule has 0 aliphatic carbocycles. The molecule has 0 saturated carbocycles. The van der Waals surface area contributed by atoms with Crippen molar-refractivity contribution in [2.24, 2.45) is 9.98 Å². The van der Waals surface area contributed by atoms with Gasteiger partial charge in [0.05, 0.1) is 29.8 Å². The molecule has 0 spiro atoms. The number of aryl methyl sites for hydroxylation is 1. The quantitative estimate of drug-likeness (QED) is 0.158. The fourth-order valence-corrected chi connectivity index (χ4v) is 8.16. The summed E-state index contributed by atoms with van der Waals surface area (Å²) in [6.45, 7) is 6.97. The molecule has 0 radical (unpaired) electrons. The number of fused-ring (bicyclic) bond motifs is 2. The number of pyridine rings is 1. The fraction of sp³-hybridized carbons (Fsp3) is 0.275. The van der Waals surface area contributed by atoms with Gasteiger partial charge in [-0.1, -0.05) is 35.3 Å². The average molecular weight is 937 g/mol. The number of carbonyl (C=O) groups excluding carboxylic acids is 2. The van der Waals surface area contributed by atoms with E-state index in [0.717, 1.165) is 27.4 Å². The van der Waals surface area contributed by atoms with Crippen LogP contribution in [0.1, 0.15) is 51.7 Å². The second-order valence-corrected chi connectivity index (χ2v) is 14.7. The van der Waals surface area contributed by atoms with Crippen LogP contribution < -0.4 is 88.7 Å². The zero-order valence-electron chi connectivity index (χ0n) is 32.6. The number of rotatable bonds is 11. The zero-order valence-corrected chi connectivity index (χ0v) is 41.2. The first-order valence-electron chi connectivity index (χ1n) is 17.2. The smallest absolute Gasteiger partial charge is 0.480 e. The van der Waals surface area contributed by atoms with Gasteiger partial charge >= 0.3 is 74.9 Å². The van der Waals surface area contributed by atoms with Gasteiger partial charge in [-0.05, 0) is 62.7 Å². The van der Waals surface area contributed by atoms with Crippen molar-refractivity contribution in [3.63, 3.8) is 0 Å². The number of aliphatic imine (C=N–C) groups is 2. The number of halogens is 2. The van der Waals surface area contributed by atoms with Crippen molar-refractivity contribution < 1.29 is 93.1 Å². The van der Waals surface area contributed by atoms with Gasteiger partial charge in [0.2, 0.25) is 17.7 Å². The predicted molar refractivity (Wildman–Crippen MR) is 223 cm³/mol. The molecule has 0 unspecified atom stereocenters. The average Bonchev–Trinajstić information content (AvgIpc) is 3.66. The number of thiophene rings is 1. The van der Waals surface area contributed by atoms with Crippen molar-refractivity contribution in [2.75, 3.05) is 44.1 Å². The van der Waals surface area contributed by atoms with Crippen LogP contribution >= 0.6 is 34.5 Å². The molecule has 5 aromatic rings. The Bertz CT molecular complexity index is 2340. The Kier molecular flexibility index (Phi) is 15.9. The molecule has 288 valence electrons. The number of ether oxygens (including phenoxy) is 1. The molecule has 12 nitrogen and oxygen atoms in total. The molecular weight excluding hydrogens is 894 g/mol. The third-order valence-electron chi connectivity index (χ3n) is 9.46. The van der Waals surface area contributed by atoms with Crippen LogP contribution in [-0.2, 0) is 9.59 Å². The Morgan fingerprint density at radius 2 is 1.82 bits per heavy atom. The molecule has 3 aromatic heterocycles. The summed E-state index contributed by atoms with van der Waals surface area (Å²) in [7, 11) is 4.76. The fourth-order valence-electron chi connectivity index (χ4n) is 6.54. The van der Waals surface area contributed by atoms with Crippen molar-refractivity contribution >= 4 is 85.6 Å². The standard InChI is InChI=1S/C39H39Cl2N7O5S.CH3.Cs/c1-7-48-36(42-4)30(45-35(22-8-10-23(40)11-9-22)34-20(2)21(3)54-38(34)48)18-32(49)43-15-14-33(50)47(5)31-13-12-24(37(46-31)53-6)25-16-26-27(39(51)52)19-44-29(26)17-28(25)41;;/h8-13,16-17,19,30,44H,7,14-15,18H2,1-6H3,(H,43,49)(H,51,52);1H3;/q;-1;+1/t30-;;/m0../s1. The van der Waals surface area contributed by atoms with Crippen LogP contribution in [0.4, 0.5) is 10.8 Å². The Morgan fingerprint density at radius 1 is 1.11 bits per heavy atom. The number of amides is 2. The van der Waals surface area contributed by atoms with Gasteiger partial charge < -0.3 is 32.5 Å². The maximum absolute atomic E-state index is 13.5. The molecule has 1 aliphatic heterocycles. The molecule has 2 aromatic carbocycles. The zero-order chi connectivity index (χ0) is 38.8. The number of amidine groups is 1. The molecule has 16 heteroatoms. The summed E-state index contributed by atoms with van der Waals surface area (Å²) in [5, 5.41) is 15.0. The number of aromatic amines is 1. The minimum absolute atomic E-state index is 0. The van der Waals surface area contributed by atoms with E-state index in [1.807, 2.05) is 24.3 Å². The van der Waals surface area contributed by atoms with Crippen LogP contribution in [0.25, 0.3) is 22.0 Å². The number of aromatic carboxylic acids is 1. The van der Waals surface area contributed by atoms with Crippen molar-refractivity contribution in [3.05, 3.63) is 99.3 Å². The van der Waals surface area contributed by atoms with Gasteiger partial charge in [0.15, 0.2) is 0 Å².